The van der Waals surface area contributed by atoms with Gasteiger partial charge in [-0.3, -0.25) is 19.4 Å². The van der Waals surface area contributed by atoms with Crippen LogP contribution in [0.25, 0.3) is 0 Å². The van der Waals surface area contributed by atoms with Crippen LogP contribution in [0.2, 0.25) is 0 Å². The van der Waals surface area contributed by atoms with Crippen LogP contribution in [0.3, 0.4) is 0 Å². The van der Waals surface area contributed by atoms with Gasteiger partial charge in [0.2, 0.25) is 11.8 Å². The van der Waals surface area contributed by atoms with Crippen molar-refractivity contribution >= 4 is 28.8 Å². The molecule has 0 unspecified atom stereocenters. The molecule has 2 amide bonds. The Kier molecular flexibility index (Phi) is 7.13. The summed E-state index contributed by atoms with van der Waals surface area (Å²) in [5, 5.41) is 6.90. The van der Waals surface area contributed by atoms with Gasteiger partial charge in [0.15, 0.2) is 0 Å². The summed E-state index contributed by atoms with van der Waals surface area (Å²) in [5.41, 5.74) is 1.80. The van der Waals surface area contributed by atoms with E-state index in [-0.39, 0.29) is 24.2 Å². The number of hydrogen-bond acceptors (Lipinski definition) is 5. The summed E-state index contributed by atoms with van der Waals surface area (Å²) in [5.74, 6) is -0.352. The highest BCUT2D eigenvalue weighted by atomic mass is 32.1. The van der Waals surface area contributed by atoms with Crippen LogP contribution in [0.1, 0.15) is 5.56 Å². The molecule has 0 bridgehead atoms. The van der Waals surface area contributed by atoms with Gasteiger partial charge in [0, 0.05) is 38.4 Å². The second kappa shape index (κ2) is 9.77. The van der Waals surface area contributed by atoms with Crippen molar-refractivity contribution < 1.29 is 14.0 Å². The first kappa shape index (κ1) is 20.4. The van der Waals surface area contributed by atoms with E-state index in [9.17, 15) is 14.0 Å². The molecule has 8 heteroatoms. The number of halogens is 1. The summed E-state index contributed by atoms with van der Waals surface area (Å²) in [6.45, 7) is 3.98. The number of carbonyl (C=O) groups excluding carboxylic acids is 2. The normalized spacial score (nSPS) is 15.0. The smallest absolute Gasteiger partial charge is 0.238 e. The fourth-order valence-corrected chi connectivity index (χ4v) is 3.83. The average molecular weight is 405 g/mol. The van der Waals surface area contributed by atoms with Gasteiger partial charge in [-0.1, -0.05) is 0 Å². The third-order valence-electron chi connectivity index (χ3n) is 4.66. The number of benzene rings is 1. The Morgan fingerprint density at radius 1 is 1.14 bits per heavy atom. The number of rotatable bonds is 7. The number of amides is 2. The maximum Gasteiger partial charge on any atom is 0.238 e. The minimum absolute atomic E-state index is 0.119. The molecule has 150 valence electrons. The molecule has 1 aromatic carbocycles. The molecule has 1 aromatic heterocycles. The van der Waals surface area contributed by atoms with E-state index in [1.54, 1.807) is 11.3 Å². The molecule has 1 aliphatic rings. The van der Waals surface area contributed by atoms with Crippen LogP contribution < -0.4 is 5.32 Å². The first-order valence-electron chi connectivity index (χ1n) is 9.25. The molecule has 0 aliphatic carbocycles. The number of carbonyl (C=O) groups is 2. The average Bonchev–Trinajstić information content (AvgIpc) is 3.17. The Balaban J connectivity index is 1.38. The molecule has 3 rings (SSSR count). The predicted molar refractivity (Wildman–Crippen MR) is 109 cm³/mol. The highest BCUT2D eigenvalue weighted by molar-refractivity contribution is 7.07. The lowest BCUT2D eigenvalue weighted by atomic mass is 10.2. The van der Waals surface area contributed by atoms with E-state index in [1.807, 2.05) is 27.1 Å². The monoisotopic (exact) mass is 404 g/mol. The lowest BCUT2D eigenvalue weighted by Gasteiger charge is -2.35. The highest BCUT2D eigenvalue weighted by Gasteiger charge is 2.23. The van der Waals surface area contributed by atoms with Crippen LogP contribution >= 0.6 is 11.3 Å². The maximum atomic E-state index is 12.9. The SMILES string of the molecule is CN(CC(=O)N1CCN(CC(=O)Nc2ccc(F)cc2)CC1)Cc1ccsc1. The molecule has 0 atom stereocenters. The Bertz CT molecular complexity index is 774. The van der Waals surface area contributed by atoms with Gasteiger partial charge < -0.3 is 10.2 Å². The van der Waals surface area contributed by atoms with E-state index in [0.717, 1.165) is 6.54 Å². The zero-order valence-electron chi connectivity index (χ0n) is 15.9. The van der Waals surface area contributed by atoms with E-state index in [0.29, 0.717) is 38.4 Å². The minimum Gasteiger partial charge on any atom is -0.339 e. The number of piperazine rings is 1. The van der Waals surface area contributed by atoms with Crippen LogP contribution in [-0.4, -0.2) is 72.8 Å². The summed E-state index contributed by atoms with van der Waals surface area (Å²) in [7, 11) is 1.95. The van der Waals surface area contributed by atoms with Crippen molar-refractivity contribution in [1.82, 2.24) is 14.7 Å². The zero-order valence-corrected chi connectivity index (χ0v) is 16.8. The quantitative estimate of drug-likeness (QED) is 0.768. The van der Waals surface area contributed by atoms with Crippen LogP contribution in [0.15, 0.2) is 41.1 Å². The summed E-state index contributed by atoms with van der Waals surface area (Å²) in [4.78, 5) is 30.5. The Morgan fingerprint density at radius 2 is 1.86 bits per heavy atom. The summed E-state index contributed by atoms with van der Waals surface area (Å²) in [6, 6.07) is 7.78. The molecule has 0 radical (unpaired) electrons. The number of anilines is 1. The lowest BCUT2D eigenvalue weighted by Crippen LogP contribution is -2.52. The second-order valence-electron chi connectivity index (χ2n) is 7.02. The van der Waals surface area contributed by atoms with Gasteiger partial charge in [-0.15, -0.1) is 0 Å². The predicted octanol–water partition coefficient (Wildman–Crippen LogP) is 2.10. The molecular weight excluding hydrogens is 379 g/mol. The molecule has 0 spiro atoms. The fourth-order valence-electron chi connectivity index (χ4n) is 3.17. The van der Waals surface area contributed by atoms with Crippen molar-refractivity contribution in [2.45, 2.75) is 6.54 Å². The molecule has 1 N–H and O–H groups in total. The van der Waals surface area contributed by atoms with Crippen molar-refractivity contribution in [1.29, 1.82) is 0 Å². The van der Waals surface area contributed by atoms with Crippen LogP contribution in [0, 0.1) is 5.82 Å². The number of hydrogen-bond donors (Lipinski definition) is 1. The van der Waals surface area contributed by atoms with Gasteiger partial charge in [0.25, 0.3) is 0 Å². The van der Waals surface area contributed by atoms with Gasteiger partial charge >= 0.3 is 0 Å². The fraction of sp³-hybridized carbons (Fsp3) is 0.400. The van der Waals surface area contributed by atoms with E-state index >= 15 is 0 Å². The van der Waals surface area contributed by atoms with Crippen LogP contribution in [0.5, 0.6) is 0 Å². The van der Waals surface area contributed by atoms with E-state index in [4.69, 9.17) is 0 Å². The van der Waals surface area contributed by atoms with Gasteiger partial charge in [-0.25, -0.2) is 4.39 Å². The van der Waals surface area contributed by atoms with Crippen LogP contribution in [-0.2, 0) is 16.1 Å². The first-order valence-corrected chi connectivity index (χ1v) is 10.2. The number of likely N-dealkylation sites (N-methyl/N-ethyl adjacent to an activating group) is 1. The second-order valence-corrected chi connectivity index (χ2v) is 7.80. The first-order chi connectivity index (χ1) is 13.5. The van der Waals surface area contributed by atoms with Crippen LogP contribution in [0.4, 0.5) is 10.1 Å². The largest absolute Gasteiger partial charge is 0.339 e. The van der Waals surface area contributed by atoms with Crippen molar-refractivity contribution in [3.8, 4) is 0 Å². The summed E-state index contributed by atoms with van der Waals surface area (Å²) < 4.78 is 12.9. The zero-order chi connectivity index (χ0) is 19.9. The van der Waals surface area contributed by atoms with Gasteiger partial charge in [-0.05, 0) is 53.7 Å². The highest BCUT2D eigenvalue weighted by Crippen LogP contribution is 2.10. The summed E-state index contributed by atoms with van der Waals surface area (Å²) in [6.07, 6.45) is 0. The molecule has 1 saturated heterocycles. The van der Waals surface area contributed by atoms with E-state index in [2.05, 4.69) is 16.8 Å². The number of nitrogens with zero attached hydrogens (tertiary/aromatic N) is 3. The Hall–Kier alpha value is -2.29. The Labute approximate surface area is 168 Å². The number of thiophene rings is 1. The van der Waals surface area contributed by atoms with Gasteiger partial charge in [0.1, 0.15) is 5.82 Å². The minimum atomic E-state index is -0.334. The summed E-state index contributed by atoms with van der Waals surface area (Å²) >= 11 is 1.66. The molecule has 2 heterocycles. The van der Waals surface area contributed by atoms with Crippen molar-refractivity contribution in [2.75, 3.05) is 51.6 Å². The molecule has 1 fully saturated rings. The van der Waals surface area contributed by atoms with Crippen molar-refractivity contribution in [3.63, 3.8) is 0 Å². The number of nitrogens with one attached hydrogen (secondary N) is 1. The third-order valence-corrected chi connectivity index (χ3v) is 5.39. The molecule has 0 saturated carbocycles. The molecule has 2 aromatic rings. The van der Waals surface area contributed by atoms with E-state index in [1.165, 1.54) is 29.8 Å². The van der Waals surface area contributed by atoms with Crippen molar-refractivity contribution in [2.24, 2.45) is 0 Å². The topological polar surface area (TPSA) is 55.9 Å². The molecule has 1 aliphatic heterocycles. The third kappa shape index (κ3) is 6.12. The van der Waals surface area contributed by atoms with Gasteiger partial charge in [0.05, 0.1) is 13.1 Å². The molecule has 6 nitrogen and oxygen atoms in total. The van der Waals surface area contributed by atoms with Crippen molar-refractivity contribution in [3.05, 3.63) is 52.5 Å². The Morgan fingerprint density at radius 3 is 2.50 bits per heavy atom. The standard InChI is InChI=1S/C20H25FN4O2S/c1-23(12-16-6-11-28-15-16)14-20(27)25-9-7-24(8-10-25)13-19(26)22-18-4-2-17(21)3-5-18/h2-6,11,15H,7-10,12-14H2,1H3,(H,22,26). The van der Waals surface area contributed by atoms with Gasteiger partial charge in [-0.2, -0.15) is 11.3 Å². The molecule has 28 heavy (non-hydrogen) atoms. The maximum absolute atomic E-state index is 12.9. The molecular formula is C20H25FN4O2S. The lowest BCUT2D eigenvalue weighted by molar-refractivity contribution is -0.134. The van der Waals surface area contributed by atoms with E-state index < -0.39 is 0 Å².